The summed E-state index contributed by atoms with van der Waals surface area (Å²) in [5, 5.41) is 0. The molecule has 2 heteroatoms. The molecule has 0 saturated heterocycles. The molecule has 0 radical (unpaired) electrons. The fourth-order valence-corrected chi connectivity index (χ4v) is 2.21. The van der Waals surface area contributed by atoms with Crippen molar-refractivity contribution < 1.29 is 0 Å². The molecule has 108 valence electrons. The Kier molecular flexibility index (Phi) is 5.44. The molecule has 0 N–H and O–H groups in total. The van der Waals surface area contributed by atoms with Crippen LogP contribution in [0.2, 0.25) is 0 Å². The van der Waals surface area contributed by atoms with E-state index in [1.54, 1.807) is 6.20 Å². The number of pyridine rings is 1. The summed E-state index contributed by atoms with van der Waals surface area (Å²) in [5.41, 5.74) is 4.90. The molecule has 2 rings (SSSR count). The van der Waals surface area contributed by atoms with Gasteiger partial charge >= 0.3 is 0 Å². The summed E-state index contributed by atoms with van der Waals surface area (Å²) in [6.07, 6.45) is 10.6. The first-order valence-electron chi connectivity index (χ1n) is 7.41. The van der Waals surface area contributed by atoms with E-state index in [0.29, 0.717) is 5.92 Å². The molecule has 0 bridgehead atoms. The first-order valence-corrected chi connectivity index (χ1v) is 7.41. The zero-order valence-electron chi connectivity index (χ0n) is 13.0. The molecule has 2 aromatic rings. The maximum Gasteiger partial charge on any atom is 0.0346 e. The van der Waals surface area contributed by atoms with Crippen LogP contribution in [0.5, 0.6) is 0 Å². The highest BCUT2D eigenvalue weighted by Gasteiger charge is 2.06. The van der Waals surface area contributed by atoms with Crippen molar-refractivity contribution >= 4 is 6.21 Å². The van der Waals surface area contributed by atoms with Crippen LogP contribution in [0.4, 0.5) is 0 Å². The predicted molar refractivity (Wildman–Crippen MR) is 90.7 cm³/mol. The normalized spacial score (nSPS) is 13.1. The van der Waals surface area contributed by atoms with E-state index in [1.807, 2.05) is 24.7 Å². The third kappa shape index (κ3) is 4.38. The molecule has 1 atom stereocenters. The van der Waals surface area contributed by atoms with Gasteiger partial charge in [-0.25, -0.2) is 0 Å². The molecule has 0 aliphatic heterocycles. The lowest BCUT2D eigenvalue weighted by atomic mass is 9.95. The van der Waals surface area contributed by atoms with Crippen molar-refractivity contribution in [1.29, 1.82) is 0 Å². The molecule has 1 aromatic carbocycles. The lowest BCUT2D eigenvalue weighted by molar-refractivity contribution is 1.04. The highest BCUT2D eigenvalue weighted by atomic mass is 14.7. The second-order valence-electron chi connectivity index (χ2n) is 5.25. The maximum absolute atomic E-state index is 4.35. The van der Waals surface area contributed by atoms with Crippen molar-refractivity contribution in [3.05, 3.63) is 66.1 Å². The number of hydrogen-bond donors (Lipinski definition) is 0. The SMILES string of the molecule is CC/C=C\N=CC(C)c1cc(C)cc(-c2cccnc2)c1. The van der Waals surface area contributed by atoms with E-state index in [9.17, 15) is 0 Å². The molecule has 2 nitrogen and oxygen atoms in total. The summed E-state index contributed by atoms with van der Waals surface area (Å²) in [7, 11) is 0. The van der Waals surface area contributed by atoms with E-state index in [0.717, 1.165) is 12.0 Å². The Balaban J connectivity index is 2.27. The standard InChI is InChI=1S/C19H22N2/c1-4-5-8-20-13-16(3)18-10-15(2)11-19(12-18)17-7-6-9-21-14-17/h5-14,16H,4H2,1-3H3/b8-5-,20-13?. The second kappa shape index (κ2) is 7.53. The van der Waals surface area contributed by atoms with Crippen LogP contribution < -0.4 is 0 Å². The maximum atomic E-state index is 4.35. The number of benzene rings is 1. The van der Waals surface area contributed by atoms with Crippen LogP contribution in [0.1, 0.15) is 37.3 Å². The smallest absolute Gasteiger partial charge is 0.0346 e. The van der Waals surface area contributed by atoms with Crippen LogP contribution in [0.15, 0.2) is 60.0 Å². The summed E-state index contributed by atoms with van der Waals surface area (Å²) in [4.78, 5) is 8.55. The Morgan fingerprint density at radius 1 is 1.24 bits per heavy atom. The van der Waals surface area contributed by atoms with Crippen LogP contribution in [0, 0.1) is 6.92 Å². The van der Waals surface area contributed by atoms with E-state index < -0.39 is 0 Å². The van der Waals surface area contributed by atoms with E-state index in [-0.39, 0.29) is 0 Å². The van der Waals surface area contributed by atoms with Crippen LogP contribution in [-0.2, 0) is 0 Å². The van der Waals surface area contributed by atoms with Crippen LogP contribution >= 0.6 is 0 Å². The lowest BCUT2D eigenvalue weighted by Crippen LogP contribution is -1.96. The van der Waals surface area contributed by atoms with Gasteiger partial charge < -0.3 is 0 Å². The fourth-order valence-electron chi connectivity index (χ4n) is 2.21. The Bertz CT molecular complexity index is 627. The van der Waals surface area contributed by atoms with Gasteiger partial charge in [-0.05, 0) is 30.5 Å². The highest BCUT2D eigenvalue weighted by Crippen LogP contribution is 2.25. The summed E-state index contributed by atoms with van der Waals surface area (Å²) in [6, 6.07) is 10.7. The minimum absolute atomic E-state index is 0.293. The van der Waals surface area contributed by atoms with Crippen molar-refractivity contribution in [2.75, 3.05) is 0 Å². The molecule has 1 aromatic heterocycles. The monoisotopic (exact) mass is 278 g/mol. The van der Waals surface area contributed by atoms with E-state index in [2.05, 4.69) is 61.1 Å². The minimum atomic E-state index is 0.293. The summed E-state index contributed by atoms with van der Waals surface area (Å²) >= 11 is 0. The molecule has 0 saturated carbocycles. The number of nitrogens with zero attached hydrogens (tertiary/aromatic N) is 2. The number of hydrogen-bond acceptors (Lipinski definition) is 2. The zero-order chi connectivity index (χ0) is 15.1. The Hall–Kier alpha value is -2.22. The minimum Gasteiger partial charge on any atom is -0.269 e. The highest BCUT2D eigenvalue weighted by molar-refractivity contribution is 5.71. The number of aliphatic imine (C=N–C) groups is 1. The van der Waals surface area contributed by atoms with Gasteiger partial charge in [0.05, 0.1) is 0 Å². The zero-order valence-corrected chi connectivity index (χ0v) is 13.0. The summed E-state index contributed by atoms with van der Waals surface area (Å²) in [5.74, 6) is 0.293. The first-order chi connectivity index (χ1) is 10.2. The van der Waals surface area contributed by atoms with E-state index in [1.165, 1.54) is 16.7 Å². The van der Waals surface area contributed by atoms with Crippen LogP contribution in [-0.4, -0.2) is 11.2 Å². The van der Waals surface area contributed by atoms with Crippen molar-refractivity contribution in [2.45, 2.75) is 33.1 Å². The average molecular weight is 278 g/mol. The lowest BCUT2D eigenvalue weighted by Gasteiger charge is -2.10. The number of allylic oxidation sites excluding steroid dienone is 1. The Morgan fingerprint density at radius 3 is 2.81 bits per heavy atom. The van der Waals surface area contributed by atoms with Gasteiger partial charge in [-0.3, -0.25) is 9.98 Å². The van der Waals surface area contributed by atoms with Gasteiger partial charge in [0.1, 0.15) is 0 Å². The van der Waals surface area contributed by atoms with Gasteiger partial charge in [0.15, 0.2) is 0 Å². The first kappa shape index (κ1) is 15.2. The molecule has 0 fully saturated rings. The van der Waals surface area contributed by atoms with Crippen LogP contribution in [0.25, 0.3) is 11.1 Å². The van der Waals surface area contributed by atoms with E-state index >= 15 is 0 Å². The molecule has 0 amide bonds. The molecule has 1 heterocycles. The van der Waals surface area contributed by atoms with Crippen LogP contribution in [0.3, 0.4) is 0 Å². The van der Waals surface area contributed by atoms with Crippen molar-refractivity contribution in [3.63, 3.8) is 0 Å². The Labute approximate surface area is 127 Å². The van der Waals surface area contributed by atoms with Gasteiger partial charge in [-0.1, -0.05) is 49.8 Å². The molecule has 1 unspecified atom stereocenters. The van der Waals surface area contributed by atoms with Gasteiger partial charge in [0.2, 0.25) is 0 Å². The van der Waals surface area contributed by atoms with Gasteiger partial charge in [-0.2, -0.15) is 0 Å². The third-order valence-corrected chi connectivity index (χ3v) is 3.36. The van der Waals surface area contributed by atoms with Gasteiger partial charge in [-0.15, -0.1) is 0 Å². The molecule has 0 spiro atoms. The number of rotatable bonds is 5. The number of aryl methyl sites for hydroxylation is 1. The van der Waals surface area contributed by atoms with E-state index in [4.69, 9.17) is 0 Å². The molecule has 0 aliphatic rings. The second-order valence-corrected chi connectivity index (χ2v) is 5.25. The molecule has 0 aliphatic carbocycles. The fraction of sp³-hybridized carbons (Fsp3) is 0.263. The third-order valence-electron chi connectivity index (χ3n) is 3.36. The largest absolute Gasteiger partial charge is 0.269 e. The quantitative estimate of drug-likeness (QED) is 0.694. The average Bonchev–Trinajstić information content (AvgIpc) is 2.51. The summed E-state index contributed by atoms with van der Waals surface area (Å²) < 4.78 is 0. The Morgan fingerprint density at radius 2 is 2.10 bits per heavy atom. The topological polar surface area (TPSA) is 25.2 Å². The summed E-state index contributed by atoms with van der Waals surface area (Å²) in [6.45, 7) is 6.41. The van der Waals surface area contributed by atoms with Crippen molar-refractivity contribution in [1.82, 2.24) is 4.98 Å². The van der Waals surface area contributed by atoms with Crippen molar-refractivity contribution in [2.24, 2.45) is 4.99 Å². The van der Waals surface area contributed by atoms with Crippen molar-refractivity contribution in [3.8, 4) is 11.1 Å². The molecule has 21 heavy (non-hydrogen) atoms. The molecular weight excluding hydrogens is 256 g/mol. The predicted octanol–water partition coefficient (Wildman–Crippen LogP) is 5.16. The van der Waals surface area contributed by atoms with Gasteiger partial charge in [0, 0.05) is 36.3 Å². The molecular formula is C19H22N2. The number of aromatic nitrogens is 1. The van der Waals surface area contributed by atoms with Gasteiger partial charge in [0.25, 0.3) is 0 Å².